The quantitative estimate of drug-likeness (QED) is 0.779. The van der Waals surface area contributed by atoms with E-state index in [0.29, 0.717) is 6.54 Å². The molecule has 128 valence electrons. The van der Waals surface area contributed by atoms with Gasteiger partial charge in [-0.15, -0.1) is 0 Å². The zero-order valence-corrected chi connectivity index (χ0v) is 15.9. The fourth-order valence-corrected chi connectivity index (χ4v) is 2.87. The second-order valence-electron chi connectivity index (χ2n) is 5.84. The summed E-state index contributed by atoms with van der Waals surface area (Å²) in [4.78, 5) is 14.2. The van der Waals surface area contributed by atoms with E-state index in [1.807, 2.05) is 49.2 Å². The third-order valence-corrected chi connectivity index (χ3v) is 4.31. The molecule has 0 saturated heterocycles. The van der Waals surface area contributed by atoms with Gasteiger partial charge in [0.15, 0.2) is 0 Å². The van der Waals surface area contributed by atoms with Gasteiger partial charge in [0.25, 0.3) is 0 Å². The van der Waals surface area contributed by atoms with Gasteiger partial charge in [0, 0.05) is 16.7 Å². The minimum absolute atomic E-state index is 0.00217. The van der Waals surface area contributed by atoms with E-state index in [9.17, 15) is 4.79 Å². The van der Waals surface area contributed by atoms with Crippen LogP contribution in [0.5, 0.6) is 5.75 Å². The number of aryl methyl sites for hydroxylation is 1. The van der Waals surface area contributed by atoms with Crippen molar-refractivity contribution in [3.63, 3.8) is 0 Å². The van der Waals surface area contributed by atoms with E-state index in [4.69, 9.17) is 4.74 Å². The molecule has 4 nitrogen and oxygen atoms in total. The smallest absolute Gasteiger partial charge is 0.238 e. The summed E-state index contributed by atoms with van der Waals surface area (Å²) >= 11 is 3.43. The molecule has 0 aliphatic rings. The van der Waals surface area contributed by atoms with Gasteiger partial charge in [0.1, 0.15) is 5.75 Å². The Hall–Kier alpha value is -1.85. The highest BCUT2D eigenvalue weighted by atomic mass is 79.9. The first-order valence-electron chi connectivity index (χ1n) is 7.85. The van der Waals surface area contributed by atoms with Gasteiger partial charge in [-0.2, -0.15) is 0 Å². The van der Waals surface area contributed by atoms with Crippen LogP contribution in [0.3, 0.4) is 0 Å². The molecule has 0 fully saturated rings. The van der Waals surface area contributed by atoms with Crippen LogP contribution >= 0.6 is 15.9 Å². The molecule has 1 N–H and O–H groups in total. The lowest BCUT2D eigenvalue weighted by atomic mass is 10.1. The Morgan fingerprint density at radius 3 is 2.54 bits per heavy atom. The van der Waals surface area contributed by atoms with Gasteiger partial charge in [-0.25, -0.2) is 0 Å². The molecule has 0 heterocycles. The molecule has 0 aliphatic carbocycles. The third kappa shape index (κ3) is 5.65. The van der Waals surface area contributed by atoms with Crippen molar-refractivity contribution in [1.82, 2.24) is 4.90 Å². The van der Waals surface area contributed by atoms with Crippen molar-refractivity contribution >= 4 is 27.5 Å². The third-order valence-electron chi connectivity index (χ3n) is 3.82. The molecular weight excluding hydrogens is 368 g/mol. The van der Waals surface area contributed by atoms with Gasteiger partial charge in [0.2, 0.25) is 5.91 Å². The predicted octanol–water partition coefficient (Wildman–Crippen LogP) is 3.88. The summed E-state index contributed by atoms with van der Waals surface area (Å²) in [7, 11) is 3.62. The number of halogens is 1. The minimum atomic E-state index is -0.00217. The summed E-state index contributed by atoms with van der Waals surface area (Å²) in [6.45, 7) is 3.17. The van der Waals surface area contributed by atoms with Crippen LogP contribution in [0.15, 0.2) is 46.9 Å². The summed E-state index contributed by atoms with van der Waals surface area (Å²) < 4.78 is 6.16. The maximum Gasteiger partial charge on any atom is 0.238 e. The summed E-state index contributed by atoms with van der Waals surface area (Å²) in [6, 6.07) is 13.8. The molecule has 0 aromatic heterocycles. The van der Waals surface area contributed by atoms with Gasteiger partial charge in [-0.05, 0) is 61.9 Å². The molecule has 5 heteroatoms. The number of hydrogen-bond acceptors (Lipinski definition) is 3. The summed E-state index contributed by atoms with van der Waals surface area (Å²) in [6.07, 6.45) is 0.894. The van der Waals surface area contributed by atoms with Gasteiger partial charge in [-0.3, -0.25) is 9.69 Å². The van der Waals surface area contributed by atoms with Crippen molar-refractivity contribution < 1.29 is 9.53 Å². The Kier molecular flexibility index (Phi) is 6.82. The highest BCUT2D eigenvalue weighted by molar-refractivity contribution is 9.10. The fourth-order valence-electron chi connectivity index (χ4n) is 2.39. The first-order chi connectivity index (χ1) is 11.5. The number of carbonyl (C=O) groups is 1. The van der Waals surface area contributed by atoms with Gasteiger partial charge >= 0.3 is 0 Å². The predicted molar refractivity (Wildman–Crippen MR) is 102 cm³/mol. The Bertz CT molecular complexity index is 686. The van der Waals surface area contributed by atoms with Crippen LogP contribution in [0.4, 0.5) is 5.69 Å². The zero-order valence-electron chi connectivity index (χ0n) is 14.3. The summed E-state index contributed by atoms with van der Waals surface area (Å²) in [5, 5.41) is 2.96. The van der Waals surface area contributed by atoms with Crippen LogP contribution in [0.1, 0.15) is 11.1 Å². The number of hydrogen-bond donors (Lipinski definition) is 1. The zero-order chi connectivity index (χ0) is 17.5. The second kappa shape index (κ2) is 8.85. The molecule has 0 bridgehead atoms. The van der Waals surface area contributed by atoms with Crippen LogP contribution in [0, 0.1) is 6.92 Å². The molecule has 0 radical (unpaired) electrons. The van der Waals surface area contributed by atoms with E-state index in [2.05, 4.69) is 33.4 Å². The Morgan fingerprint density at radius 1 is 1.21 bits per heavy atom. The molecule has 0 spiro atoms. The summed E-state index contributed by atoms with van der Waals surface area (Å²) in [5.41, 5.74) is 3.12. The first kappa shape index (κ1) is 18.5. The standard InChI is InChI=1S/C19H23BrN2O2/c1-14-12-16(20)6-9-18(14)21-19(23)13-22(2)11-10-15-4-7-17(24-3)8-5-15/h4-9,12H,10-11,13H2,1-3H3,(H,21,23). The van der Waals surface area contributed by atoms with E-state index in [0.717, 1.165) is 34.4 Å². The maximum atomic E-state index is 12.2. The molecule has 0 saturated carbocycles. The normalized spacial score (nSPS) is 10.7. The molecule has 0 aliphatic heterocycles. The van der Waals surface area contributed by atoms with E-state index < -0.39 is 0 Å². The summed E-state index contributed by atoms with van der Waals surface area (Å²) in [5.74, 6) is 0.856. The van der Waals surface area contributed by atoms with E-state index in [-0.39, 0.29) is 5.91 Å². The number of nitrogens with one attached hydrogen (secondary N) is 1. The van der Waals surface area contributed by atoms with Crippen molar-refractivity contribution in [2.45, 2.75) is 13.3 Å². The van der Waals surface area contributed by atoms with E-state index in [1.54, 1.807) is 7.11 Å². The number of likely N-dealkylation sites (N-methyl/N-ethyl adjacent to an activating group) is 1. The maximum absolute atomic E-state index is 12.2. The highest BCUT2D eigenvalue weighted by Crippen LogP contribution is 2.20. The lowest BCUT2D eigenvalue weighted by Gasteiger charge is -2.17. The largest absolute Gasteiger partial charge is 0.497 e. The molecule has 2 rings (SSSR count). The topological polar surface area (TPSA) is 41.6 Å². The average Bonchev–Trinajstić information content (AvgIpc) is 2.56. The fraction of sp³-hybridized carbons (Fsp3) is 0.316. The van der Waals surface area contributed by atoms with Gasteiger partial charge in [-0.1, -0.05) is 28.1 Å². The Balaban J connectivity index is 1.80. The molecule has 2 aromatic carbocycles. The van der Waals surface area contributed by atoms with Crippen molar-refractivity contribution in [1.29, 1.82) is 0 Å². The Morgan fingerprint density at radius 2 is 1.92 bits per heavy atom. The Labute approximate surface area is 151 Å². The van der Waals surface area contributed by atoms with Crippen LogP contribution in [0.2, 0.25) is 0 Å². The minimum Gasteiger partial charge on any atom is -0.497 e. The number of benzene rings is 2. The number of amides is 1. The second-order valence-corrected chi connectivity index (χ2v) is 6.76. The molecule has 1 amide bonds. The van der Waals surface area contributed by atoms with Crippen molar-refractivity contribution in [2.24, 2.45) is 0 Å². The van der Waals surface area contributed by atoms with Crippen LogP contribution in [-0.4, -0.2) is 38.1 Å². The molecular formula is C19H23BrN2O2. The van der Waals surface area contributed by atoms with Crippen LogP contribution in [0.25, 0.3) is 0 Å². The number of ether oxygens (including phenoxy) is 1. The van der Waals surface area contributed by atoms with Gasteiger partial charge in [0.05, 0.1) is 13.7 Å². The van der Waals surface area contributed by atoms with Crippen molar-refractivity contribution in [3.05, 3.63) is 58.1 Å². The number of methoxy groups -OCH3 is 1. The monoisotopic (exact) mass is 390 g/mol. The van der Waals surface area contributed by atoms with E-state index in [1.165, 1.54) is 5.56 Å². The number of carbonyl (C=O) groups excluding carboxylic acids is 1. The van der Waals surface area contributed by atoms with E-state index >= 15 is 0 Å². The molecule has 0 atom stereocenters. The number of rotatable bonds is 7. The van der Waals surface area contributed by atoms with Crippen LogP contribution in [-0.2, 0) is 11.2 Å². The first-order valence-corrected chi connectivity index (χ1v) is 8.64. The number of nitrogens with zero attached hydrogens (tertiary/aromatic N) is 1. The molecule has 24 heavy (non-hydrogen) atoms. The average molecular weight is 391 g/mol. The highest BCUT2D eigenvalue weighted by Gasteiger charge is 2.09. The van der Waals surface area contributed by atoms with Gasteiger partial charge < -0.3 is 10.1 Å². The van der Waals surface area contributed by atoms with Crippen LogP contribution < -0.4 is 10.1 Å². The van der Waals surface area contributed by atoms with Crippen molar-refractivity contribution in [3.8, 4) is 5.75 Å². The molecule has 2 aromatic rings. The number of anilines is 1. The van der Waals surface area contributed by atoms with Crippen molar-refractivity contribution in [2.75, 3.05) is 32.6 Å². The lowest BCUT2D eigenvalue weighted by molar-refractivity contribution is -0.117. The SMILES string of the molecule is COc1ccc(CCN(C)CC(=O)Nc2ccc(Br)cc2C)cc1. The molecule has 0 unspecified atom stereocenters. The lowest BCUT2D eigenvalue weighted by Crippen LogP contribution is -2.31.